The van der Waals surface area contributed by atoms with Crippen molar-refractivity contribution in [3.05, 3.63) is 112 Å². The number of aliphatic hydroxyl groups excluding tert-OH is 1. The summed E-state index contributed by atoms with van der Waals surface area (Å²) >= 11 is 0. The molecule has 3 aromatic carbocycles. The second-order valence-corrected chi connectivity index (χ2v) is 7.15. The number of hydrogen-bond acceptors (Lipinski definition) is 2. The van der Waals surface area contributed by atoms with Gasteiger partial charge in [-0.05, 0) is 47.9 Å². The molecule has 3 aromatic rings. The molecule has 0 spiro atoms. The summed E-state index contributed by atoms with van der Waals surface area (Å²) in [6.07, 6.45) is 0. The zero-order valence-corrected chi connectivity index (χ0v) is 15.8. The summed E-state index contributed by atoms with van der Waals surface area (Å²) in [5.74, 6) is -1.69. The lowest BCUT2D eigenvalue weighted by molar-refractivity contribution is -0.130. The Bertz CT molecular complexity index is 1090. The van der Waals surface area contributed by atoms with Gasteiger partial charge in [0.1, 0.15) is 11.6 Å². The van der Waals surface area contributed by atoms with Crippen LogP contribution in [0.5, 0.6) is 0 Å². The van der Waals surface area contributed by atoms with Crippen LogP contribution in [0.3, 0.4) is 0 Å². The molecule has 0 aromatic heterocycles. The number of hydrogen-bond donors (Lipinski definition) is 1. The Kier molecular flexibility index (Phi) is 4.89. The molecule has 0 saturated heterocycles. The summed E-state index contributed by atoms with van der Waals surface area (Å²) in [4.78, 5) is 14.4. The molecule has 3 nitrogen and oxygen atoms in total. The highest BCUT2D eigenvalue weighted by Crippen LogP contribution is 2.43. The maximum Gasteiger partial charge on any atom is 0.290 e. The third-order valence-corrected chi connectivity index (χ3v) is 5.10. The van der Waals surface area contributed by atoms with Crippen LogP contribution in [-0.2, 0) is 11.3 Å². The van der Waals surface area contributed by atoms with Crippen LogP contribution in [-0.4, -0.2) is 15.9 Å². The van der Waals surface area contributed by atoms with Crippen molar-refractivity contribution in [2.75, 3.05) is 0 Å². The maximum absolute atomic E-state index is 14.0. The first-order valence-corrected chi connectivity index (χ1v) is 9.25. The fourth-order valence-corrected chi connectivity index (χ4v) is 3.65. The van der Waals surface area contributed by atoms with Gasteiger partial charge in [0.25, 0.3) is 5.91 Å². The first-order chi connectivity index (χ1) is 13.9. The molecule has 0 bridgehead atoms. The predicted molar refractivity (Wildman–Crippen MR) is 107 cm³/mol. The lowest BCUT2D eigenvalue weighted by Crippen LogP contribution is -2.29. The molecule has 4 rings (SSSR count). The fourth-order valence-electron chi connectivity index (χ4n) is 3.65. The van der Waals surface area contributed by atoms with E-state index in [1.54, 1.807) is 24.3 Å². The molecule has 1 N–H and O–H groups in total. The zero-order valence-electron chi connectivity index (χ0n) is 15.8. The molecule has 0 unspecified atom stereocenters. The minimum atomic E-state index is -0.661. The van der Waals surface area contributed by atoms with Gasteiger partial charge in [-0.3, -0.25) is 4.79 Å². The van der Waals surface area contributed by atoms with E-state index in [1.807, 2.05) is 31.2 Å². The first kappa shape index (κ1) is 18.9. The van der Waals surface area contributed by atoms with Crippen molar-refractivity contribution in [1.82, 2.24) is 4.90 Å². The van der Waals surface area contributed by atoms with E-state index in [9.17, 15) is 18.7 Å². The van der Waals surface area contributed by atoms with Crippen molar-refractivity contribution in [3.8, 4) is 0 Å². The number of amides is 1. The van der Waals surface area contributed by atoms with E-state index in [4.69, 9.17) is 0 Å². The van der Waals surface area contributed by atoms with Crippen molar-refractivity contribution < 1.29 is 18.7 Å². The van der Waals surface area contributed by atoms with Crippen LogP contribution in [0.4, 0.5) is 8.78 Å². The number of aliphatic hydroxyl groups is 1. The van der Waals surface area contributed by atoms with Crippen molar-refractivity contribution in [3.63, 3.8) is 0 Å². The van der Waals surface area contributed by atoms with Gasteiger partial charge >= 0.3 is 0 Å². The molecule has 0 radical (unpaired) electrons. The van der Waals surface area contributed by atoms with Gasteiger partial charge in [-0.25, -0.2) is 8.78 Å². The predicted octanol–water partition coefficient (Wildman–Crippen LogP) is 5.33. The molecule has 0 saturated carbocycles. The quantitative estimate of drug-likeness (QED) is 0.653. The summed E-state index contributed by atoms with van der Waals surface area (Å²) in [5, 5.41) is 10.7. The Morgan fingerprint density at radius 2 is 1.62 bits per heavy atom. The highest BCUT2D eigenvalue weighted by Gasteiger charge is 2.41. The standard InChI is InChI=1S/C24H19F2NO2/c1-15-5-9-17(10-6-15)21-22(18-3-2-4-20(26)13-18)27(24(29)23(21)28)14-16-7-11-19(25)12-8-16/h2-13,22,28H,14H2,1H3/t22-/m1/s1. The van der Waals surface area contributed by atoms with Gasteiger partial charge in [-0.15, -0.1) is 0 Å². The van der Waals surface area contributed by atoms with Crippen LogP contribution in [0.15, 0.2) is 78.6 Å². The van der Waals surface area contributed by atoms with Crippen LogP contribution in [0.2, 0.25) is 0 Å². The second kappa shape index (κ2) is 7.51. The van der Waals surface area contributed by atoms with Crippen molar-refractivity contribution in [2.24, 2.45) is 0 Å². The lowest BCUT2D eigenvalue weighted by Gasteiger charge is -2.27. The molecular weight excluding hydrogens is 372 g/mol. The van der Waals surface area contributed by atoms with Gasteiger partial charge in [-0.2, -0.15) is 0 Å². The first-order valence-electron chi connectivity index (χ1n) is 9.25. The molecule has 146 valence electrons. The molecule has 29 heavy (non-hydrogen) atoms. The summed E-state index contributed by atoms with van der Waals surface area (Å²) < 4.78 is 27.2. The zero-order chi connectivity index (χ0) is 20.5. The average molecular weight is 391 g/mol. The Hall–Kier alpha value is -3.47. The number of carbonyl (C=O) groups excluding carboxylic acids is 1. The van der Waals surface area contributed by atoms with Crippen LogP contribution in [0.25, 0.3) is 5.57 Å². The van der Waals surface area contributed by atoms with Crippen LogP contribution in [0.1, 0.15) is 28.3 Å². The van der Waals surface area contributed by atoms with E-state index < -0.39 is 17.8 Å². The average Bonchev–Trinajstić information content (AvgIpc) is 2.95. The van der Waals surface area contributed by atoms with Gasteiger partial charge < -0.3 is 10.0 Å². The van der Waals surface area contributed by atoms with Crippen LogP contribution >= 0.6 is 0 Å². The van der Waals surface area contributed by atoms with Crippen molar-refractivity contribution >= 4 is 11.5 Å². The van der Waals surface area contributed by atoms with Gasteiger partial charge in [0, 0.05) is 12.1 Å². The number of benzene rings is 3. The van der Waals surface area contributed by atoms with E-state index in [-0.39, 0.29) is 18.1 Å². The monoisotopic (exact) mass is 391 g/mol. The normalized spacial score (nSPS) is 16.6. The van der Waals surface area contributed by atoms with E-state index in [1.165, 1.54) is 29.2 Å². The Morgan fingerprint density at radius 1 is 0.931 bits per heavy atom. The van der Waals surface area contributed by atoms with Crippen molar-refractivity contribution in [2.45, 2.75) is 19.5 Å². The lowest BCUT2D eigenvalue weighted by atomic mass is 9.93. The molecular formula is C24H19F2NO2. The van der Waals surface area contributed by atoms with Crippen LogP contribution < -0.4 is 0 Å². The van der Waals surface area contributed by atoms with Gasteiger partial charge in [-0.1, -0.05) is 54.1 Å². The largest absolute Gasteiger partial charge is 0.503 e. The van der Waals surface area contributed by atoms with E-state index in [2.05, 4.69) is 0 Å². The summed E-state index contributed by atoms with van der Waals surface area (Å²) in [6, 6.07) is 18.6. The Balaban J connectivity index is 1.81. The van der Waals surface area contributed by atoms with Crippen molar-refractivity contribution in [1.29, 1.82) is 0 Å². The molecule has 1 aliphatic rings. The highest BCUT2D eigenvalue weighted by molar-refractivity contribution is 6.05. The summed E-state index contributed by atoms with van der Waals surface area (Å²) in [6.45, 7) is 2.10. The highest BCUT2D eigenvalue weighted by atomic mass is 19.1. The number of carbonyl (C=O) groups is 1. The third-order valence-electron chi connectivity index (χ3n) is 5.10. The molecule has 1 amide bonds. The molecule has 5 heteroatoms. The fraction of sp³-hybridized carbons (Fsp3) is 0.125. The minimum Gasteiger partial charge on any atom is -0.503 e. The molecule has 0 aliphatic carbocycles. The second-order valence-electron chi connectivity index (χ2n) is 7.15. The summed E-state index contributed by atoms with van der Waals surface area (Å²) in [7, 11) is 0. The van der Waals surface area contributed by atoms with Crippen LogP contribution in [0, 0.1) is 18.6 Å². The van der Waals surface area contributed by atoms with E-state index >= 15 is 0 Å². The smallest absolute Gasteiger partial charge is 0.290 e. The van der Waals surface area contributed by atoms with Gasteiger partial charge in [0.15, 0.2) is 5.76 Å². The number of halogens is 2. The summed E-state index contributed by atoms with van der Waals surface area (Å²) in [5.41, 5.74) is 3.43. The maximum atomic E-state index is 14.0. The Labute approximate surface area is 167 Å². The topological polar surface area (TPSA) is 40.5 Å². The Morgan fingerprint density at radius 3 is 2.28 bits per heavy atom. The number of nitrogens with zero attached hydrogens (tertiary/aromatic N) is 1. The molecule has 0 fully saturated rings. The van der Waals surface area contributed by atoms with E-state index in [0.717, 1.165) is 5.56 Å². The SMILES string of the molecule is Cc1ccc(C2=C(O)C(=O)N(Cc3ccc(F)cc3)[C@@H]2c2cccc(F)c2)cc1. The number of aryl methyl sites for hydroxylation is 1. The van der Waals surface area contributed by atoms with E-state index in [0.29, 0.717) is 22.3 Å². The van der Waals surface area contributed by atoms with Gasteiger partial charge in [0.2, 0.25) is 0 Å². The molecule has 1 heterocycles. The third kappa shape index (κ3) is 3.63. The molecule has 1 aliphatic heterocycles. The van der Waals surface area contributed by atoms with Gasteiger partial charge in [0.05, 0.1) is 6.04 Å². The number of rotatable bonds is 4. The minimum absolute atomic E-state index is 0.152. The molecule has 1 atom stereocenters.